The van der Waals surface area contributed by atoms with E-state index in [1.807, 2.05) is 11.8 Å². The number of fused-ring (bicyclic) bond motifs is 1. The van der Waals surface area contributed by atoms with Gasteiger partial charge in [-0.1, -0.05) is 31.2 Å². The Morgan fingerprint density at radius 2 is 2.22 bits per heavy atom. The summed E-state index contributed by atoms with van der Waals surface area (Å²) in [7, 11) is 0. The van der Waals surface area contributed by atoms with Gasteiger partial charge in [0.15, 0.2) is 0 Å². The first-order valence-electron chi connectivity index (χ1n) is 6.90. The molecule has 0 heterocycles. The Morgan fingerprint density at radius 3 is 3.00 bits per heavy atom. The summed E-state index contributed by atoms with van der Waals surface area (Å²) in [5, 5.41) is 13.3. The van der Waals surface area contributed by atoms with Crippen molar-refractivity contribution in [2.75, 3.05) is 18.9 Å². The number of thioether (sulfide) groups is 1. The van der Waals surface area contributed by atoms with E-state index in [-0.39, 0.29) is 6.61 Å². The second-order valence-electron chi connectivity index (χ2n) is 4.80. The molecule has 2 rings (SSSR count). The third kappa shape index (κ3) is 3.28. The van der Waals surface area contributed by atoms with E-state index in [2.05, 4.69) is 36.5 Å². The summed E-state index contributed by atoms with van der Waals surface area (Å²) in [6.45, 7) is 3.55. The van der Waals surface area contributed by atoms with E-state index in [1.165, 1.54) is 24.0 Å². The highest BCUT2D eigenvalue weighted by atomic mass is 32.2. The second kappa shape index (κ2) is 7.17. The Bertz CT molecular complexity index is 369. The van der Waals surface area contributed by atoms with Gasteiger partial charge in [-0.3, -0.25) is 0 Å². The Kier molecular flexibility index (Phi) is 5.54. The zero-order valence-electron chi connectivity index (χ0n) is 11.1. The number of rotatable bonds is 6. The van der Waals surface area contributed by atoms with E-state index in [0.717, 1.165) is 18.7 Å². The number of aliphatic hydroxyl groups is 1. The van der Waals surface area contributed by atoms with Gasteiger partial charge in [-0.15, -0.1) is 0 Å². The lowest BCUT2D eigenvalue weighted by Crippen LogP contribution is -2.35. The molecule has 0 amide bonds. The maximum Gasteiger partial charge on any atom is 0.0521 e. The Balaban J connectivity index is 2.13. The van der Waals surface area contributed by atoms with Crippen molar-refractivity contribution in [1.29, 1.82) is 0 Å². The van der Waals surface area contributed by atoms with Crippen molar-refractivity contribution in [2.45, 2.75) is 37.5 Å². The fourth-order valence-corrected chi connectivity index (χ4v) is 3.78. The molecular weight excluding hydrogens is 242 g/mol. The molecule has 0 radical (unpaired) electrons. The smallest absolute Gasteiger partial charge is 0.0521 e. The molecule has 2 nitrogen and oxygen atoms in total. The molecule has 0 fully saturated rings. The molecule has 0 aliphatic heterocycles. The molecule has 100 valence electrons. The van der Waals surface area contributed by atoms with Crippen molar-refractivity contribution in [1.82, 2.24) is 5.32 Å². The Labute approximate surface area is 114 Å². The van der Waals surface area contributed by atoms with Crippen molar-refractivity contribution >= 4 is 11.8 Å². The third-order valence-corrected chi connectivity index (χ3v) is 4.85. The first-order valence-corrected chi connectivity index (χ1v) is 7.95. The highest BCUT2D eigenvalue weighted by Crippen LogP contribution is 2.36. The van der Waals surface area contributed by atoms with E-state index in [1.54, 1.807) is 0 Å². The molecule has 3 heteroatoms. The van der Waals surface area contributed by atoms with Crippen LogP contribution in [0.2, 0.25) is 0 Å². The zero-order chi connectivity index (χ0) is 12.8. The van der Waals surface area contributed by atoms with Crippen LogP contribution in [0.3, 0.4) is 0 Å². The van der Waals surface area contributed by atoms with Gasteiger partial charge in [-0.2, -0.15) is 11.8 Å². The van der Waals surface area contributed by atoms with Gasteiger partial charge < -0.3 is 10.4 Å². The largest absolute Gasteiger partial charge is 0.396 e. The van der Waals surface area contributed by atoms with Crippen molar-refractivity contribution in [3.8, 4) is 0 Å². The quantitative estimate of drug-likeness (QED) is 0.829. The van der Waals surface area contributed by atoms with Crippen molar-refractivity contribution in [3.63, 3.8) is 0 Å². The van der Waals surface area contributed by atoms with E-state index in [0.29, 0.717) is 11.3 Å². The monoisotopic (exact) mass is 265 g/mol. The van der Waals surface area contributed by atoms with Crippen LogP contribution in [0.1, 0.15) is 36.9 Å². The summed E-state index contributed by atoms with van der Waals surface area (Å²) >= 11 is 1.91. The summed E-state index contributed by atoms with van der Waals surface area (Å²) in [5.41, 5.74) is 2.96. The van der Waals surface area contributed by atoms with Crippen molar-refractivity contribution in [2.24, 2.45) is 0 Å². The summed E-state index contributed by atoms with van der Waals surface area (Å²) in [6, 6.07) is 9.23. The van der Waals surface area contributed by atoms with Gasteiger partial charge in [0.1, 0.15) is 0 Å². The summed E-state index contributed by atoms with van der Waals surface area (Å²) in [4.78, 5) is 0. The van der Waals surface area contributed by atoms with Crippen LogP contribution in [0.5, 0.6) is 0 Å². The molecule has 2 N–H and O–H groups in total. The van der Waals surface area contributed by atoms with Crippen LogP contribution >= 0.6 is 11.8 Å². The summed E-state index contributed by atoms with van der Waals surface area (Å²) < 4.78 is 0. The molecule has 0 bridgehead atoms. The van der Waals surface area contributed by atoms with Crippen LogP contribution in [0.25, 0.3) is 0 Å². The standard InChI is InChI=1S/C15H23NOS/c1-2-9-16-15-13-6-4-3-5-12(13)7-8-14(15)18-11-10-17/h3-6,14-17H,2,7-11H2,1H3. The van der Waals surface area contributed by atoms with Gasteiger partial charge in [-0.25, -0.2) is 0 Å². The van der Waals surface area contributed by atoms with Gasteiger partial charge in [-0.05, 0) is 36.9 Å². The predicted octanol–water partition coefficient (Wildman–Crippen LogP) is 2.77. The molecule has 1 aromatic carbocycles. The summed E-state index contributed by atoms with van der Waals surface area (Å²) in [5.74, 6) is 0.844. The van der Waals surface area contributed by atoms with Crippen LogP contribution in [0.4, 0.5) is 0 Å². The molecule has 0 aromatic heterocycles. The topological polar surface area (TPSA) is 32.3 Å². The fraction of sp³-hybridized carbons (Fsp3) is 0.600. The number of aliphatic hydroxyl groups excluding tert-OH is 1. The van der Waals surface area contributed by atoms with E-state index in [9.17, 15) is 0 Å². The number of aryl methyl sites for hydroxylation is 1. The molecule has 1 aliphatic rings. The van der Waals surface area contributed by atoms with Crippen molar-refractivity contribution < 1.29 is 5.11 Å². The highest BCUT2D eigenvalue weighted by Gasteiger charge is 2.28. The molecule has 0 saturated heterocycles. The first kappa shape index (κ1) is 13.9. The van der Waals surface area contributed by atoms with E-state index in [4.69, 9.17) is 5.11 Å². The lowest BCUT2D eigenvalue weighted by Gasteiger charge is -2.34. The molecule has 0 spiro atoms. The average Bonchev–Trinajstić information content (AvgIpc) is 2.43. The summed E-state index contributed by atoms with van der Waals surface area (Å²) in [6.07, 6.45) is 3.54. The maximum atomic E-state index is 9.01. The third-order valence-electron chi connectivity index (χ3n) is 3.50. The van der Waals surface area contributed by atoms with Gasteiger partial charge in [0.05, 0.1) is 6.61 Å². The Hall–Kier alpha value is -0.510. The Morgan fingerprint density at radius 1 is 1.39 bits per heavy atom. The van der Waals surface area contributed by atoms with E-state index >= 15 is 0 Å². The minimum atomic E-state index is 0.281. The van der Waals surface area contributed by atoms with Gasteiger partial charge >= 0.3 is 0 Å². The number of hydrogen-bond donors (Lipinski definition) is 2. The SMILES string of the molecule is CCCNC1c2ccccc2CCC1SCCO. The number of benzene rings is 1. The van der Waals surface area contributed by atoms with Crippen LogP contribution in [-0.4, -0.2) is 29.3 Å². The molecular formula is C15H23NOS. The molecule has 0 saturated carbocycles. The normalized spacial score (nSPS) is 22.8. The number of hydrogen-bond acceptors (Lipinski definition) is 3. The predicted molar refractivity (Wildman–Crippen MR) is 79.1 cm³/mol. The lowest BCUT2D eigenvalue weighted by atomic mass is 9.87. The number of nitrogens with one attached hydrogen (secondary N) is 1. The average molecular weight is 265 g/mol. The molecule has 1 aromatic rings. The van der Waals surface area contributed by atoms with Gasteiger partial charge in [0.2, 0.25) is 0 Å². The molecule has 2 atom stereocenters. The van der Waals surface area contributed by atoms with Crippen LogP contribution < -0.4 is 5.32 Å². The van der Waals surface area contributed by atoms with Crippen molar-refractivity contribution in [3.05, 3.63) is 35.4 Å². The highest BCUT2D eigenvalue weighted by molar-refractivity contribution is 7.99. The van der Waals surface area contributed by atoms with Gasteiger partial charge in [0.25, 0.3) is 0 Å². The molecule has 2 unspecified atom stereocenters. The zero-order valence-corrected chi connectivity index (χ0v) is 11.9. The van der Waals surface area contributed by atoms with Crippen LogP contribution in [0, 0.1) is 0 Å². The fourth-order valence-electron chi connectivity index (χ4n) is 2.65. The van der Waals surface area contributed by atoms with Crippen LogP contribution in [0.15, 0.2) is 24.3 Å². The van der Waals surface area contributed by atoms with Crippen LogP contribution in [-0.2, 0) is 6.42 Å². The molecule has 18 heavy (non-hydrogen) atoms. The maximum absolute atomic E-state index is 9.01. The molecule has 1 aliphatic carbocycles. The second-order valence-corrected chi connectivity index (χ2v) is 6.15. The van der Waals surface area contributed by atoms with E-state index < -0.39 is 0 Å². The lowest BCUT2D eigenvalue weighted by molar-refractivity contribution is 0.322. The van der Waals surface area contributed by atoms with Gasteiger partial charge in [0, 0.05) is 17.0 Å². The minimum Gasteiger partial charge on any atom is -0.396 e. The first-order chi connectivity index (χ1) is 8.86. The minimum absolute atomic E-state index is 0.281.